The number of nitrogens with zero attached hydrogens (tertiary/aromatic N) is 2. The van der Waals surface area contributed by atoms with Crippen LogP contribution in [0.4, 0.5) is 0 Å². The van der Waals surface area contributed by atoms with Crippen LogP contribution in [-0.2, 0) is 16.0 Å². The van der Waals surface area contributed by atoms with Crippen LogP contribution in [0.25, 0.3) is 6.08 Å². The zero-order valence-corrected chi connectivity index (χ0v) is 20.7. The molecule has 2 amide bonds. The van der Waals surface area contributed by atoms with Crippen LogP contribution in [-0.4, -0.2) is 37.0 Å². The minimum absolute atomic E-state index is 0.0112. The molecule has 6 heteroatoms. The van der Waals surface area contributed by atoms with E-state index in [1.54, 1.807) is 26.2 Å². The Kier molecular flexibility index (Phi) is 9.25. The fraction of sp³-hybridized carbons (Fsp3) is 0.345. The highest BCUT2D eigenvalue weighted by molar-refractivity contribution is 6.19. The van der Waals surface area contributed by atoms with Crippen LogP contribution in [0.15, 0.2) is 65.3 Å². The summed E-state index contributed by atoms with van der Waals surface area (Å²) in [5.41, 5.74) is 2.43. The van der Waals surface area contributed by atoms with E-state index in [0.29, 0.717) is 35.7 Å². The number of unbranched alkanes of at least 4 members (excludes halogenated alkanes) is 3. The first-order valence-corrected chi connectivity index (χ1v) is 12.0. The molecule has 2 aromatic rings. The molecule has 6 nitrogen and oxygen atoms in total. The molecule has 0 fully saturated rings. The van der Waals surface area contributed by atoms with Crippen molar-refractivity contribution in [1.29, 1.82) is 5.26 Å². The molecule has 0 saturated heterocycles. The first-order chi connectivity index (χ1) is 17.0. The maximum atomic E-state index is 13.3. The quantitative estimate of drug-likeness (QED) is 0.245. The van der Waals surface area contributed by atoms with Crippen LogP contribution in [0, 0.1) is 11.3 Å². The van der Waals surface area contributed by atoms with Crippen LogP contribution in [0.2, 0.25) is 0 Å². The Morgan fingerprint density at radius 3 is 2.46 bits per heavy atom. The molecule has 1 heterocycles. The average molecular weight is 473 g/mol. The highest BCUT2D eigenvalue weighted by Crippen LogP contribution is 2.32. The minimum atomic E-state index is -0.549. The highest BCUT2D eigenvalue weighted by Gasteiger charge is 2.35. The number of imide groups is 1. The van der Waals surface area contributed by atoms with E-state index < -0.39 is 11.8 Å². The molecule has 0 saturated carbocycles. The van der Waals surface area contributed by atoms with Crippen molar-refractivity contribution in [1.82, 2.24) is 4.90 Å². The van der Waals surface area contributed by atoms with E-state index in [4.69, 9.17) is 9.47 Å². The van der Waals surface area contributed by atoms with Crippen molar-refractivity contribution in [3.8, 4) is 17.6 Å². The number of hydrogen-bond donors (Lipinski definition) is 0. The third-order valence-electron chi connectivity index (χ3n) is 6.05. The summed E-state index contributed by atoms with van der Waals surface area (Å²) >= 11 is 0. The van der Waals surface area contributed by atoms with Gasteiger partial charge in [0.25, 0.3) is 11.8 Å². The Bertz CT molecular complexity index is 1160. The van der Waals surface area contributed by atoms with E-state index >= 15 is 0 Å². The molecule has 2 aromatic carbocycles. The summed E-state index contributed by atoms with van der Waals surface area (Å²) in [6, 6.07) is 17.1. The molecule has 0 atom stereocenters. The van der Waals surface area contributed by atoms with Gasteiger partial charge in [0.1, 0.15) is 11.6 Å². The molecule has 0 aromatic heterocycles. The van der Waals surface area contributed by atoms with E-state index in [-0.39, 0.29) is 12.1 Å². The lowest BCUT2D eigenvalue weighted by molar-refractivity contribution is -0.140. The van der Waals surface area contributed by atoms with E-state index in [2.05, 4.69) is 6.92 Å². The smallest absolute Gasteiger partial charge is 0.271 e. The molecule has 0 bridgehead atoms. The predicted molar refractivity (Wildman–Crippen MR) is 136 cm³/mol. The molecule has 0 aliphatic carbocycles. The van der Waals surface area contributed by atoms with Gasteiger partial charge in [-0.1, -0.05) is 62.6 Å². The van der Waals surface area contributed by atoms with Gasteiger partial charge in [0, 0.05) is 12.1 Å². The van der Waals surface area contributed by atoms with Gasteiger partial charge in [-0.15, -0.1) is 0 Å². The number of methoxy groups -OCH3 is 1. The third kappa shape index (κ3) is 6.39. The molecule has 0 unspecified atom stereocenters. The number of amides is 2. The summed E-state index contributed by atoms with van der Waals surface area (Å²) in [5.74, 6) is 0.258. The van der Waals surface area contributed by atoms with Crippen LogP contribution in [0.5, 0.6) is 11.5 Å². The molecule has 182 valence electrons. The monoisotopic (exact) mass is 472 g/mol. The van der Waals surface area contributed by atoms with Crippen LogP contribution >= 0.6 is 0 Å². The second-order valence-corrected chi connectivity index (χ2v) is 8.49. The van der Waals surface area contributed by atoms with Crippen LogP contribution in [0.1, 0.15) is 50.7 Å². The number of ether oxygens (including phenoxy) is 2. The maximum absolute atomic E-state index is 13.3. The lowest BCUT2D eigenvalue weighted by Crippen LogP contribution is -2.43. The minimum Gasteiger partial charge on any atom is -0.493 e. The van der Waals surface area contributed by atoms with E-state index in [1.165, 1.54) is 12.8 Å². The molecule has 3 rings (SSSR count). The van der Waals surface area contributed by atoms with Crippen LogP contribution < -0.4 is 9.47 Å². The first kappa shape index (κ1) is 25.8. The van der Waals surface area contributed by atoms with Gasteiger partial charge in [-0.3, -0.25) is 14.5 Å². The molecule has 0 spiro atoms. The lowest BCUT2D eigenvalue weighted by atomic mass is 9.93. The van der Waals surface area contributed by atoms with Crippen molar-refractivity contribution in [3.63, 3.8) is 0 Å². The van der Waals surface area contributed by atoms with Gasteiger partial charge in [0.05, 0.1) is 13.7 Å². The Morgan fingerprint density at radius 2 is 1.77 bits per heavy atom. The Morgan fingerprint density at radius 1 is 1.00 bits per heavy atom. The van der Waals surface area contributed by atoms with Crippen molar-refractivity contribution in [2.24, 2.45) is 0 Å². The number of rotatable bonds is 11. The van der Waals surface area contributed by atoms with Crippen molar-refractivity contribution in [3.05, 3.63) is 76.4 Å². The summed E-state index contributed by atoms with van der Waals surface area (Å²) < 4.78 is 11.4. The summed E-state index contributed by atoms with van der Waals surface area (Å²) in [4.78, 5) is 27.4. The van der Waals surface area contributed by atoms with Gasteiger partial charge < -0.3 is 9.47 Å². The largest absolute Gasteiger partial charge is 0.493 e. The first-order valence-electron chi connectivity index (χ1n) is 12.0. The molecule has 0 N–H and O–H groups in total. The predicted octanol–water partition coefficient (Wildman–Crippen LogP) is 5.49. The SMILES string of the molecule is CCCCCCOc1ccc(/C=C2/C(=O)N(CCc3ccccc3)C(=O)C(C#N)=C2C)cc1OC. The van der Waals surface area contributed by atoms with Crippen molar-refractivity contribution >= 4 is 17.9 Å². The molecular weight excluding hydrogens is 440 g/mol. The number of benzene rings is 2. The molecule has 35 heavy (non-hydrogen) atoms. The summed E-state index contributed by atoms with van der Waals surface area (Å²) in [7, 11) is 1.57. The lowest BCUT2D eigenvalue weighted by Gasteiger charge is -2.27. The van der Waals surface area contributed by atoms with E-state index in [1.807, 2.05) is 48.5 Å². The molecule has 0 radical (unpaired) electrons. The maximum Gasteiger partial charge on any atom is 0.271 e. The number of nitriles is 1. The van der Waals surface area contributed by atoms with Gasteiger partial charge in [-0.25, -0.2) is 0 Å². The van der Waals surface area contributed by atoms with Gasteiger partial charge >= 0.3 is 0 Å². The topological polar surface area (TPSA) is 79.6 Å². The Labute approximate surface area is 207 Å². The zero-order chi connectivity index (χ0) is 25.2. The second kappa shape index (κ2) is 12.6. The van der Waals surface area contributed by atoms with Crippen molar-refractivity contribution in [2.45, 2.75) is 46.0 Å². The van der Waals surface area contributed by atoms with Gasteiger partial charge in [-0.05, 0) is 54.7 Å². The van der Waals surface area contributed by atoms with E-state index in [0.717, 1.165) is 28.9 Å². The van der Waals surface area contributed by atoms with Gasteiger partial charge in [0.2, 0.25) is 0 Å². The highest BCUT2D eigenvalue weighted by atomic mass is 16.5. The summed E-state index contributed by atoms with van der Waals surface area (Å²) in [6.07, 6.45) is 6.67. The normalized spacial score (nSPS) is 14.9. The fourth-order valence-electron chi connectivity index (χ4n) is 3.99. The summed E-state index contributed by atoms with van der Waals surface area (Å²) in [5, 5.41) is 9.63. The van der Waals surface area contributed by atoms with E-state index in [9.17, 15) is 14.9 Å². The fourth-order valence-corrected chi connectivity index (χ4v) is 3.99. The zero-order valence-electron chi connectivity index (χ0n) is 20.7. The third-order valence-corrected chi connectivity index (χ3v) is 6.05. The van der Waals surface area contributed by atoms with Crippen molar-refractivity contribution in [2.75, 3.05) is 20.3 Å². The molecule has 1 aliphatic heterocycles. The van der Waals surface area contributed by atoms with Crippen molar-refractivity contribution < 1.29 is 19.1 Å². The molecular formula is C29H32N2O4. The number of carbonyl (C=O) groups excluding carboxylic acids is 2. The van der Waals surface area contributed by atoms with Gasteiger partial charge in [-0.2, -0.15) is 5.26 Å². The molecule has 1 aliphatic rings. The van der Waals surface area contributed by atoms with Crippen LogP contribution in [0.3, 0.4) is 0 Å². The Balaban J connectivity index is 1.84. The summed E-state index contributed by atoms with van der Waals surface area (Å²) in [6.45, 7) is 4.62. The number of hydrogen-bond acceptors (Lipinski definition) is 5. The second-order valence-electron chi connectivity index (χ2n) is 8.49. The number of carbonyl (C=O) groups is 2. The van der Waals surface area contributed by atoms with Gasteiger partial charge in [0.15, 0.2) is 11.5 Å². The average Bonchev–Trinajstić information content (AvgIpc) is 2.87. The standard InChI is InChI=1S/C29H32N2O4/c1-4-5-6-10-17-35-26-14-13-23(19-27(26)34-3)18-24-21(2)25(20-30)29(33)31(28(24)32)16-15-22-11-8-7-9-12-22/h7-9,11-14,18-19H,4-6,10,15-17H2,1-3H3/b24-18+. The Hall–Kier alpha value is -3.85.